The molecule has 0 radical (unpaired) electrons. The second-order valence-corrected chi connectivity index (χ2v) is 3.27. The zero-order valence-corrected chi connectivity index (χ0v) is 7.96. The van der Waals surface area contributed by atoms with Crippen LogP contribution in [0.2, 0.25) is 0 Å². The summed E-state index contributed by atoms with van der Waals surface area (Å²) >= 11 is 0. The fraction of sp³-hybridized carbons (Fsp3) is 0.200. The molecule has 0 fully saturated rings. The van der Waals surface area contributed by atoms with Gasteiger partial charge in [-0.05, 0) is 18.6 Å². The number of aromatic amines is 1. The molecule has 1 aromatic heterocycles. The lowest BCUT2D eigenvalue weighted by Gasteiger charge is -2.03. The minimum absolute atomic E-state index is 0.481. The maximum atomic E-state index is 7.25. The van der Waals surface area contributed by atoms with Gasteiger partial charge in [0, 0.05) is 11.9 Å². The predicted octanol–water partition coefficient (Wildman–Crippen LogP) is 1.65. The van der Waals surface area contributed by atoms with Gasteiger partial charge in [-0.3, -0.25) is 10.5 Å². The summed E-state index contributed by atoms with van der Waals surface area (Å²) in [5.74, 6) is 0.481. The maximum Gasteiger partial charge on any atom is 0.0902 e. The summed E-state index contributed by atoms with van der Waals surface area (Å²) < 4.78 is 0. The second-order valence-electron chi connectivity index (χ2n) is 3.27. The van der Waals surface area contributed by atoms with Crippen molar-refractivity contribution in [2.75, 3.05) is 0 Å². The van der Waals surface area contributed by atoms with Crippen molar-refractivity contribution in [2.45, 2.75) is 13.5 Å². The van der Waals surface area contributed by atoms with E-state index in [1.807, 2.05) is 18.2 Å². The first-order valence-corrected chi connectivity index (χ1v) is 4.47. The van der Waals surface area contributed by atoms with Gasteiger partial charge in [0.25, 0.3) is 0 Å². The Labute approximate surface area is 81.8 Å². The highest BCUT2D eigenvalue weighted by molar-refractivity contribution is 5.79. The van der Waals surface area contributed by atoms with Crippen LogP contribution in [0.15, 0.2) is 24.4 Å². The third-order valence-corrected chi connectivity index (χ3v) is 2.06. The zero-order valence-electron chi connectivity index (χ0n) is 7.96. The molecule has 1 heterocycles. The lowest BCUT2D eigenvalue weighted by Crippen LogP contribution is -2.18. The maximum absolute atomic E-state index is 7.25. The van der Waals surface area contributed by atoms with Crippen molar-refractivity contribution in [1.82, 2.24) is 15.5 Å². The Morgan fingerprint density at radius 2 is 2.43 bits per heavy atom. The Morgan fingerprint density at radius 3 is 3.21 bits per heavy atom. The van der Waals surface area contributed by atoms with Gasteiger partial charge in [-0.15, -0.1) is 0 Å². The van der Waals surface area contributed by atoms with Gasteiger partial charge in [0.15, 0.2) is 0 Å². The van der Waals surface area contributed by atoms with Crippen LogP contribution in [0, 0.1) is 5.41 Å². The summed E-state index contributed by atoms with van der Waals surface area (Å²) in [6, 6.07) is 6.10. The van der Waals surface area contributed by atoms with Crippen molar-refractivity contribution in [3.8, 4) is 0 Å². The predicted molar refractivity (Wildman–Crippen MR) is 56.3 cm³/mol. The van der Waals surface area contributed by atoms with E-state index in [2.05, 4.69) is 15.5 Å². The van der Waals surface area contributed by atoms with Crippen LogP contribution in [0.3, 0.4) is 0 Å². The van der Waals surface area contributed by atoms with Crippen molar-refractivity contribution in [1.29, 1.82) is 5.41 Å². The van der Waals surface area contributed by atoms with E-state index in [4.69, 9.17) is 5.41 Å². The molecule has 0 amide bonds. The van der Waals surface area contributed by atoms with E-state index in [1.54, 1.807) is 13.1 Å². The smallest absolute Gasteiger partial charge is 0.0902 e. The molecular weight excluding hydrogens is 176 g/mol. The number of nitrogens with zero attached hydrogens (tertiary/aromatic N) is 1. The van der Waals surface area contributed by atoms with E-state index in [-0.39, 0.29) is 0 Å². The molecule has 2 aromatic rings. The molecule has 0 saturated carbocycles. The molecule has 4 heteroatoms. The molecule has 0 bridgehead atoms. The summed E-state index contributed by atoms with van der Waals surface area (Å²) in [5.41, 5.74) is 2.18. The van der Waals surface area contributed by atoms with E-state index in [9.17, 15) is 0 Å². The number of amidine groups is 1. The molecule has 0 aliphatic carbocycles. The molecule has 0 atom stereocenters. The van der Waals surface area contributed by atoms with E-state index < -0.39 is 0 Å². The average Bonchev–Trinajstić information content (AvgIpc) is 2.61. The number of rotatable bonds is 2. The monoisotopic (exact) mass is 188 g/mol. The lowest BCUT2D eigenvalue weighted by atomic mass is 10.2. The first-order chi connectivity index (χ1) is 6.75. The normalized spacial score (nSPS) is 10.4. The highest BCUT2D eigenvalue weighted by Crippen LogP contribution is 2.12. The summed E-state index contributed by atoms with van der Waals surface area (Å²) in [7, 11) is 0. The molecule has 0 aliphatic heterocycles. The molecule has 3 N–H and O–H groups in total. The van der Waals surface area contributed by atoms with Crippen molar-refractivity contribution < 1.29 is 0 Å². The lowest BCUT2D eigenvalue weighted by molar-refractivity contribution is 0.903. The van der Waals surface area contributed by atoms with E-state index >= 15 is 0 Å². The largest absolute Gasteiger partial charge is 0.370 e. The quantitative estimate of drug-likeness (QED) is 0.495. The standard InChI is InChI=1S/C10H12N4/c1-7(11)12-5-8-2-3-9-6-13-14-10(9)4-8/h2-4,6H,5H2,1H3,(H2,11,12)(H,13,14). The van der Waals surface area contributed by atoms with Gasteiger partial charge in [0.05, 0.1) is 17.5 Å². The summed E-state index contributed by atoms with van der Waals surface area (Å²) in [6.45, 7) is 2.42. The molecule has 0 saturated heterocycles. The molecule has 2 rings (SSSR count). The van der Waals surface area contributed by atoms with Crippen LogP contribution in [0.25, 0.3) is 10.9 Å². The minimum atomic E-state index is 0.481. The molecule has 0 spiro atoms. The molecule has 14 heavy (non-hydrogen) atoms. The zero-order chi connectivity index (χ0) is 9.97. The Hall–Kier alpha value is -1.84. The van der Waals surface area contributed by atoms with Crippen LogP contribution < -0.4 is 5.32 Å². The average molecular weight is 188 g/mol. The van der Waals surface area contributed by atoms with Crippen LogP contribution in [0.4, 0.5) is 0 Å². The molecule has 1 aromatic carbocycles. The first kappa shape index (κ1) is 8.74. The Bertz CT molecular complexity index is 458. The summed E-state index contributed by atoms with van der Waals surface area (Å²) in [4.78, 5) is 0. The molecule has 72 valence electrons. The van der Waals surface area contributed by atoms with Crippen LogP contribution in [0.5, 0.6) is 0 Å². The number of nitrogens with one attached hydrogen (secondary N) is 3. The van der Waals surface area contributed by atoms with Gasteiger partial charge >= 0.3 is 0 Å². The Kier molecular flexibility index (Phi) is 2.18. The van der Waals surface area contributed by atoms with Gasteiger partial charge in [-0.2, -0.15) is 5.10 Å². The van der Waals surface area contributed by atoms with Crippen molar-refractivity contribution in [3.63, 3.8) is 0 Å². The fourth-order valence-corrected chi connectivity index (χ4v) is 1.33. The van der Waals surface area contributed by atoms with Crippen LogP contribution in [0.1, 0.15) is 12.5 Å². The molecular formula is C10H12N4. The number of benzene rings is 1. The molecule has 0 aliphatic rings. The topological polar surface area (TPSA) is 64.6 Å². The third kappa shape index (κ3) is 1.74. The molecule has 4 nitrogen and oxygen atoms in total. The number of hydrogen-bond acceptors (Lipinski definition) is 2. The third-order valence-electron chi connectivity index (χ3n) is 2.06. The molecule has 0 unspecified atom stereocenters. The van der Waals surface area contributed by atoms with Gasteiger partial charge in [-0.25, -0.2) is 0 Å². The number of aromatic nitrogens is 2. The van der Waals surface area contributed by atoms with Crippen molar-refractivity contribution in [3.05, 3.63) is 30.0 Å². The fourth-order valence-electron chi connectivity index (χ4n) is 1.33. The van der Waals surface area contributed by atoms with Crippen LogP contribution in [-0.4, -0.2) is 16.0 Å². The number of hydrogen-bond donors (Lipinski definition) is 3. The van der Waals surface area contributed by atoms with Gasteiger partial charge in [0.1, 0.15) is 0 Å². The minimum Gasteiger partial charge on any atom is -0.370 e. The SMILES string of the molecule is CC(=N)NCc1ccc2cn[nH]c2c1. The summed E-state index contributed by atoms with van der Waals surface area (Å²) in [5, 5.41) is 18.2. The Morgan fingerprint density at radius 1 is 1.57 bits per heavy atom. The number of fused-ring (bicyclic) bond motifs is 1. The van der Waals surface area contributed by atoms with Gasteiger partial charge in [-0.1, -0.05) is 12.1 Å². The number of H-pyrrole nitrogens is 1. The summed E-state index contributed by atoms with van der Waals surface area (Å²) in [6.07, 6.45) is 1.80. The van der Waals surface area contributed by atoms with Gasteiger partial charge < -0.3 is 5.32 Å². The van der Waals surface area contributed by atoms with E-state index in [0.29, 0.717) is 12.4 Å². The van der Waals surface area contributed by atoms with E-state index in [0.717, 1.165) is 16.5 Å². The first-order valence-electron chi connectivity index (χ1n) is 4.47. The van der Waals surface area contributed by atoms with E-state index in [1.165, 1.54) is 0 Å². The highest BCUT2D eigenvalue weighted by Gasteiger charge is 1.97. The van der Waals surface area contributed by atoms with Gasteiger partial charge in [0.2, 0.25) is 0 Å². The van der Waals surface area contributed by atoms with Crippen molar-refractivity contribution >= 4 is 16.7 Å². The highest BCUT2D eigenvalue weighted by atomic mass is 15.1. The second kappa shape index (κ2) is 3.49. The van der Waals surface area contributed by atoms with Crippen molar-refractivity contribution in [2.24, 2.45) is 0 Å². The van der Waals surface area contributed by atoms with Crippen LogP contribution in [-0.2, 0) is 6.54 Å². The Balaban J connectivity index is 2.21. The van der Waals surface area contributed by atoms with Crippen LogP contribution >= 0.6 is 0 Å².